The Morgan fingerprint density at radius 1 is 0.800 bits per heavy atom. The molecular weight excluding hydrogens is 380 g/mol. The fourth-order valence-electron chi connectivity index (χ4n) is 3.06. The van der Waals surface area contributed by atoms with Crippen molar-refractivity contribution in [3.63, 3.8) is 0 Å². The van der Waals surface area contributed by atoms with Crippen molar-refractivity contribution in [2.24, 2.45) is 0 Å². The highest BCUT2D eigenvalue weighted by Crippen LogP contribution is 2.28. The molecule has 0 aliphatic carbocycles. The number of anilines is 1. The maximum absolute atomic E-state index is 12.9. The second kappa shape index (κ2) is 9.60. The van der Waals surface area contributed by atoms with Gasteiger partial charge in [0.25, 0.3) is 11.8 Å². The van der Waals surface area contributed by atoms with E-state index in [1.807, 2.05) is 37.3 Å². The molecule has 154 valence electrons. The molecule has 0 saturated carbocycles. The molecule has 6 nitrogen and oxygen atoms in total. The normalized spacial score (nSPS) is 11.3. The van der Waals surface area contributed by atoms with E-state index in [2.05, 4.69) is 10.6 Å². The topological polar surface area (TPSA) is 76.7 Å². The third-order valence-electron chi connectivity index (χ3n) is 4.71. The van der Waals surface area contributed by atoms with Gasteiger partial charge in [-0.2, -0.15) is 0 Å². The van der Waals surface area contributed by atoms with Crippen LogP contribution in [0.3, 0.4) is 0 Å². The van der Waals surface area contributed by atoms with Crippen LogP contribution in [0.25, 0.3) is 0 Å². The van der Waals surface area contributed by atoms with Gasteiger partial charge in [-0.05, 0) is 42.8 Å². The van der Waals surface area contributed by atoms with Crippen molar-refractivity contribution >= 4 is 17.5 Å². The van der Waals surface area contributed by atoms with Crippen LogP contribution in [0.4, 0.5) is 5.69 Å². The second-order valence-electron chi connectivity index (χ2n) is 6.68. The van der Waals surface area contributed by atoms with E-state index in [0.29, 0.717) is 28.3 Å². The van der Waals surface area contributed by atoms with Crippen LogP contribution in [0, 0.1) is 0 Å². The highest BCUT2D eigenvalue weighted by molar-refractivity contribution is 6.09. The van der Waals surface area contributed by atoms with Crippen LogP contribution in [0.15, 0.2) is 72.8 Å². The van der Waals surface area contributed by atoms with Gasteiger partial charge in [-0.1, -0.05) is 42.5 Å². The van der Waals surface area contributed by atoms with Gasteiger partial charge in [-0.15, -0.1) is 0 Å². The Bertz CT molecular complexity index is 1030. The molecule has 0 fully saturated rings. The molecule has 0 bridgehead atoms. The summed E-state index contributed by atoms with van der Waals surface area (Å²) in [6.07, 6.45) is 0. The van der Waals surface area contributed by atoms with Gasteiger partial charge in [-0.25, -0.2) is 0 Å². The summed E-state index contributed by atoms with van der Waals surface area (Å²) >= 11 is 0. The first-order valence-corrected chi connectivity index (χ1v) is 9.51. The van der Waals surface area contributed by atoms with Crippen molar-refractivity contribution < 1.29 is 19.1 Å². The molecule has 0 spiro atoms. The number of carbonyl (C=O) groups excluding carboxylic acids is 2. The molecule has 30 heavy (non-hydrogen) atoms. The lowest BCUT2D eigenvalue weighted by Gasteiger charge is -2.16. The summed E-state index contributed by atoms with van der Waals surface area (Å²) in [6, 6.07) is 21.3. The molecule has 0 heterocycles. The van der Waals surface area contributed by atoms with Crippen LogP contribution < -0.4 is 20.1 Å². The molecule has 3 aromatic carbocycles. The van der Waals surface area contributed by atoms with Gasteiger partial charge in [0.1, 0.15) is 0 Å². The minimum Gasteiger partial charge on any atom is -0.493 e. The number of benzene rings is 3. The number of methoxy groups -OCH3 is 2. The molecular formula is C24H24N2O4. The zero-order chi connectivity index (χ0) is 21.5. The van der Waals surface area contributed by atoms with Gasteiger partial charge in [0.15, 0.2) is 11.5 Å². The van der Waals surface area contributed by atoms with Crippen LogP contribution in [0.2, 0.25) is 0 Å². The van der Waals surface area contributed by atoms with Crippen LogP contribution in [0.5, 0.6) is 11.5 Å². The highest BCUT2D eigenvalue weighted by Gasteiger charge is 2.17. The summed E-state index contributed by atoms with van der Waals surface area (Å²) in [5.74, 6) is 0.360. The number of hydrogen-bond donors (Lipinski definition) is 2. The SMILES string of the molecule is COc1ccc(C(=O)Nc2ccccc2C(=O)N[C@H](C)c2ccccc2)cc1OC. The average molecular weight is 404 g/mol. The monoisotopic (exact) mass is 404 g/mol. The fourth-order valence-corrected chi connectivity index (χ4v) is 3.06. The van der Waals surface area contributed by atoms with Crippen molar-refractivity contribution in [3.05, 3.63) is 89.5 Å². The number of rotatable bonds is 7. The van der Waals surface area contributed by atoms with Gasteiger partial charge in [0.05, 0.1) is 31.5 Å². The molecule has 3 rings (SSSR count). The van der Waals surface area contributed by atoms with Gasteiger partial charge < -0.3 is 20.1 Å². The minimum absolute atomic E-state index is 0.173. The predicted molar refractivity (Wildman–Crippen MR) is 116 cm³/mol. The van der Waals surface area contributed by atoms with Crippen molar-refractivity contribution in [2.45, 2.75) is 13.0 Å². The summed E-state index contributed by atoms with van der Waals surface area (Å²) in [4.78, 5) is 25.6. The maximum Gasteiger partial charge on any atom is 0.255 e. The van der Waals surface area contributed by atoms with Gasteiger partial charge in [0.2, 0.25) is 0 Å². The van der Waals surface area contributed by atoms with E-state index in [-0.39, 0.29) is 17.9 Å². The Morgan fingerprint density at radius 3 is 2.17 bits per heavy atom. The Balaban J connectivity index is 1.78. The van der Waals surface area contributed by atoms with E-state index in [1.165, 1.54) is 14.2 Å². The summed E-state index contributed by atoms with van der Waals surface area (Å²) in [5.41, 5.74) is 2.20. The van der Waals surface area contributed by atoms with Crippen LogP contribution in [-0.4, -0.2) is 26.0 Å². The quantitative estimate of drug-likeness (QED) is 0.610. The third-order valence-corrected chi connectivity index (χ3v) is 4.71. The lowest BCUT2D eigenvalue weighted by molar-refractivity contribution is 0.0941. The van der Waals surface area contributed by atoms with Crippen molar-refractivity contribution in [1.29, 1.82) is 0 Å². The summed E-state index contributed by atoms with van der Waals surface area (Å²) in [5, 5.41) is 5.79. The van der Waals surface area contributed by atoms with Crippen molar-refractivity contribution in [2.75, 3.05) is 19.5 Å². The van der Waals surface area contributed by atoms with E-state index in [0.717, 1.165) is 5.56 Å². The Kier molecular flexibility index (Phi) is 6.70. The second-order valence-corrected chi connectivity index (χ2v) is 6.68. The molecule has 1 atom stereocenters. The molecule has 3 aromatic rings. The van der Waals surface area contributed by atoms with Gasteiger partial charge in [0, 0.05) is 5.56 Å². The van der Waals surface area contributed by atoms with Crippen molar-refractivity contribution in [1.82, 2.24) is 5.32 Å². The highest BCUT2D eigenvalue weighted by atomic mass is 16.5. The summed E-state index contributed by atoms with van der Waals surface area (Å²) in [6.45, 7) is 1.91. The zero-order valence-electron chi connectivity index (χ0n) is 17.1. The average Bonchev–Trinajstić information content (AvgIpc) is 2.79. The summed E-state index contributed by atoms with van der Waals surface area (Å²) < 4.78 is 10.5. The molecule has 0 aliphatic rings. The van der Waals surface area contributed by atoms with Gasteiger partial charge in [-0.3, -0.25) is 9.59 Å². The molecule has 2 amide bonds. The lowest BCUT2D eigenvalue weighted by atomic mass is 10.1. The smallest absolute Gasteiger partial charge is 0.255 e. The molecule has 0 aromatic heterocycles. The number of ether oxygens (including phenoxy) is 2. The molecule has 0 aliphatic heterocycles. The lowest BCUT2D eigenvalue weighted by Crippen LogP contribution is -2.28. The van der Waals surface area contributed by atoms with E-state index in [4.69, 9.17) is 9.47 Å². The van der Waals surface area contributed by atoms with Crippen LogP contribution >= 0.6 is 0 Å². The van der Waals surface area contributed by atoms with E-state index < -0.39 is 0 Å². The number of para-hydroxylation sites is 1. The number of carbonyl (C=O) groups is 2. The van der Waals surface area contributed by atoms with E-state index in [9.17, 15) is 9.59 Å². The first kappa shape index (κ1) is 20.9. The molecule has 0 saturated heterocycles. The molecule has 2 N–H and O–H groups in total. The Labute approximate surface area is 175 Å². The molecule has 0 radical (unpaired) electrons. The predicted octanol–water partition coefficient (Wildman–Crippen LogP) is 4.45. The first-order valence-electron chi connectivity index (χ1n) is 9.51. The van der Waals surface area contributed by atoms with Crippen molar-refractivity contribution in [3.8, 4) is 11.5 Å². The largest absolute Gasteiger partial charge is 0.493 e. The zero-order valence-corrected chi connectivity index (χ0v) is 17.1. The van der Waals surface area contributed by atoms with E-state index in [1.54, 1.807) is 42.5 Å². The van der Waals surface area contributed by atoms with E-state index >= 15 is 0 Å². The fraction of sp³-hybridized carbons (Fsp3) is 0.167. The maximum atomic E-state index is 12.9. The molecule has 0 unspecified atom stereocenters. The molecule has 6 heteroatoms. The Morgan fingerprint density at radius 2 is 1.47 bits per heavy atom. The number of amides is 2. The summed E-state index contributed by atoms with van der Waals surface area (Å²) in [7, 11) is 3.04. The third kappa shape index (κ3) is 4.78. The minimum atomic E-state index is -0.354. The standard InChI is InChI=1S/C24H24N2O4/c1-16(17-9-5-4-6-10-17)25-24(28)19-11-7-8-12-20(19)26-23(27)18-13-14-21(29-2)22(15-18)30-3/h4-16H,1-3H3,(H,25,28)(H,26,27)/t16-/m1/s1. The number of nitrogens with one attached hydrogen (secondary N) is 2. The number of hydrogen-bond acceptors (Lipinski definition) is 4. The van der Waals surface area contributed by atoms with Crippen LogP contribution in [0.1, 0.15) is 39.2 Å². The first-order chi connectivity index (χ1) is 14.5. The Hall–Kier alpha value is -3.80. The van der Waals surface area contributed by atoms with Gasteiger partial charge >= 0.3 is 0 Å². The van der Waals surface area contributed by atoms with Crippen LogP contribution in [-0.2, 0) is 0 Å².